The van der Waals surface area contributed by atoms with Crippen molar-refractivity contribution in [1.29, 1.82) is 0 Å². The quantitative estimate of drug-likeness (QED) is 0.904. The minimum absolute atomic E-state index is 0.190. The van der Waals surface area contributed by atoms with Crippen LogP contribution >= 0.6 is 11.3 Å². The molecule has 0 aliphatic rings. The number of carbonyl (C=O) groups is 2. The maximum absolute atomic E-state index is 12.9. The van der Waals surface area contributed by atoms with E-state index in [4.69, 9.17) is 0 Å². The van der Waals surface area contributed by atoms with Crippen molar-refractivity contribution >= 4 is 28.3 Å². The summed E-state index contributed by atoms with van der Waals surface area (Å²) in [6.45, 7) is -0.323. The molecule has 0 bridgehead atoms. The first-order valence-electron chi connectivity index (χ1n) is 5.48. The summed E-state index contributed by atoms with van der Waals surface area (Å²) >= 11 is 1.23. The summed E-state index contributed by atoms with van der Waals surface area (Å²) in [5.74, 6) is -2.94. The van der Waals surface area contributed by atoms with Gasteiger partial charge < -0.3 is 10.6 Å². The number of amides is 2. The molecule has 104 valence electrons. The van der Waals surface area contributed by atoms with Crippen molar-refractivity contribution in [3.63, 3.8) is 0 Å². The van der Waals surface area contributed by atoms with Gasteiger partial charge in [-0.2, -0.15) is 0 Å². The van der Waals surface area contributed by atoms with Gasteiger partial charge in [0.1, 0.15) is 11.6 Å². The number of nitrogens with one attached hydrogen (secondary N) is 2. The van der Waals surface area contributed by atoms with Gasteiger partial charge in [0.25, 0.3) is 5.91 Å². The predicted molar refractivity (Wildman–Crippen MR) is 69.4 cm³/mol. The van der Waals surface area contributed by atoms with E-state index in [2.05, 4.69) is 15.6 Å². The number of nitrogens with zero attached hydrogens (tertiary/aromatic N) is 1. The second-order valence-corrected chi connectivity index (χ2v) is 4.62. The van der Waals surface area contributed by atoms with E-state index >= 15 is 0 Å². The van der Waals surface area contributed by atoms with E-state index in [1.807, 2.05) is 0 Å². The van der Waals surface area contributed by atoms with Crippen LogP contribution in [0.25, 0.3) is 0 Å². The van der Waals surface area contributed by atoms with E-state index in [-0.39, 0.29) is 12.1 Å². The molecule has 0 aliphatic carbocycles. The number of rotatable bonds is 4. The maximum Gasteiger partial charge on any atom is 0.251 e. The third-order valence-electron chi connectivity index (χ3n) is 2.21. The number of aromatic nitrogens is 1. The van der Waals surface area contributed by atoms with Gasteiger partial charge in [0.2, 0.25) is 5.91 Å². The summed E-state index contributed by atoms with van der Waals surface area (Å²) in [7, 11) is 0. The van der Waals surface area contributed by atoms with E-state index in [0.717, 1.165) is 12.1 Å². The van der Waals surface area contributed by atoms with E-state index in [1.54, 1.807) is 5.38 Å². The highest BCUT2D eigenvalue weighted by molar-refractivity contribution is 7.13. The highest BCUT2D eigenvalue weighted by Crippen LogP contribution is 2.10. The number of anilines is 1. The summed E-state index contributed by atoms with van der Waals surface area (Å²) in [6, 6.07) is 2.43. The Hall–Kier alpha value is -2.35. The molecule has 0 saturated carbocycles. The Bertz CT molecular complexity index is 611. The number of hydrogen-bond donors (Lipinski definition) is 2. The predicted octanol–water partition coefficient (Wildman–Crippen LogP) is 1.79. The van der Waals surface area contributed by atoms with Crippen molar-refractivity contribution in [2.45, 2.75) is 0 Å². The smallest absolute Gasteiger partial charge is 0.251 e. The average Bonchev–Trinajstić information content (AvgIpc) is 2.87. The second kappa shape index (κ2) is 6.20. The van der Waals surface area contributed by atoms with Crippen LogP contribution in [-0.2, 0) is 4.79 Å². The zero-order valence-electron chi connectivity index (χ0n) is 10.0. The Kier molecular flexibility index (Phi) is 4.36. The lowest BCUT2D eigenvalue weighted by Gasteiger charge is -2.05. The molecule has 0 aliphatic heterocycles. The zero-order valence-corrected chi connectivity index (χ0v) is 10.8. The van der Waals surface area contributed by atoms with E-state index < -0.39 is 23.4 Å². The van der Waals surface area contributed by atoms with E-state index in [9.17, 15) is 18.4 Å². The first-order valence-corrected chi connectivity index (χ1v) is 6.36. The van der Waals surface area contributed by atoms with Gasteiger partial charge >= 0.3 is 0 Å². The Labute approximate surface area is 116 Å². The van der Waals surface area contributed by atoms with Gasteiger partial charge in [-0.05, 0) is 12.1 Å². The standard InChI is InChI=1S/C12H9F2N3O2S/c13-8-3-7(4-9(14)5-8)11(19)16-6-10(18)17-12-15-1-2-20-12/h1-5H,6H2,(H,16,19)(H,15,17,18). The average molecular weight is 297 g/mol. The molecule has 2 rings (SSSR count). The zero-order chi connectivity index (χ0) is 14.5. The monoisotopic (exact) mass is 297 g/mol. The molecule has 0 atom stereocenters. The molecule has 20 heavy (non-hydrogen) atoms. The number of carbonyl (C=O) groups excluding carboxylic acids is 2. The summed E-state index contributed by atoms with van der Waals surface area (Å²) in [4.78, 5) is 26.9. The van der Waals surface area contributed by atoms with Crippen LogP contribution in [0.1, 0.15) is 10.4 Å². The van der Waals surface area contributed by atoms with Crippen molar-refractivity contribution in [2.24, 2.45) is 0 Å². The first-order chi connectivity index (χ1) is 9.54. The Morgan fingerprint density at radius 3 is 2.50 bits per heavy atom. The fourth-order valence-corrected chi connectivity index (χ4v) is 1.94. The van der Waals surface area contributed by atoms with Crippen LogP contribution in [0, 0.1) is 11.6 Å². The van der Waals surface area contributed by atoms with Crippen molar-refractivity contribution in [3.8, 4) is 0 Å². The lowest BCUT2D eigenvalue weighted by Crippen LogP contribution is -2.32. The third-order valence-corrected chi connectivity index (χ3v) is 2.90. The minimum Gasteiger partial charge on any atom is -0.343 e. The summed E-state index contributed by atoms with van der Waals surface area (Å²) in [6.07, 6.45) is 1.52. The molecule has 1 aromatic heterocycles. The van der Waals surface area contributed by atoms with Gasteiger partial charge in [-0.25, -0.2) is 13.8 Å². The van der Waals surface area contributed by atoms with Crippen LogP contribution in [-0.4, -0.2) is 23.3 Å². The molecule has 2 N–H and O–H groups in total. The van der Waals surface area contributed by atoms with Gasteiger partial charge in [-0.1, -0.05) is 0 Å². The number of halogens is 2. The molecule has 0 unspecified atom stereocenters. The number of hydrogen-bond acceptors (Lipinski definition) is 4. The van der Waals surface area contributed by atoms with Crippen LogP contribution in [0.15, 0.2) is 29.8 Å². The fraction of sp³-hybridized carbons (Fsp3) is 0.0833. The van der Waals surface area contributed by atoms with E-state index in [1.165, 1.54) is 17.5 Å². The van der Waals surface area contributed by atoms with Crippen molar-refractivity contribution in [3.05, 3.63) is 47.0 Å². The Morgan fingerprint density at radius 1 is 1.20 bits per heavy atom. The molecule has 1 aromatic carbocycles. The molecule has 0 radical (unpaired) electrons. The van der Waals surface area contributed by atoms with Crippen molar-refractivity contribution in [1.82, 2.24) is 10.3 Å². The van der Waals surface area contributed by atoms with Crippen molar-refractivity contribution in [2.75, 3.05) is 11.9 Å². The van der Waals surface area contributed by atoms with Crippen LogP contribution < -0.4 is 10.6 Å². The molecular weight excluding hydrogens is 288 g/mol. The van der Waals surface area contributed by atoms with E-state index in [0.29, 0.717) is 11.2 Å². The lowest BCUT2D eigenvalue weighted by atomic mass is 10.2. The first kappa shape index (κ1) is 14.1. The molecule has 1 heterocycles. The summed E-state index contributed by atoms with van der Waals surface area (Å²) in [5.41, 5.74) is -0.190. The third kappa shape index (κ3) is 3.82. The van der Waals surface area contributed by atoms with Gasteiger partial charge in [0.15, 0.2) is 5.13 Å². The van der Waals surface area contributed by atoms with Gasteiger partial charge in [-0.15, -0.1) is 11.3 Å². The minimum atomic E-state index is -0.859. The second-order valence-electron chi connectivity index (χ2n) is 3.73. The molecule has 0 fully saturated rings. The van der Waals surface area contributed by atoms with Crippen LogP contribution in [0.4, 0.5) is 13.9 Å². The Morgan fingerprint density at radius 2 is 1.90 bits per heavy atom. The molecule has 0 spiro atoms. The molecule has 5 nitrogen and oxygen atoms in total. The normalized spacial score (nSPS) is 10.1. The van der Waals surface area contributed by atoms with Crippen LogP contribution in [0.5, 0.6) is 0 Å². The largest absolute Gasteiger partial charge is 0.343 e. The van der Waals surface area contributed by atoms with Crippen LogP contribution in [0.2, 0.25) is 0 Å². The molecule has 8 heteroatoms. The highest BCUT2D eigenvalue weighted by atomic mass is 32.1. The molecular formula is C12H9F2N3O2S. The van der Waals surface area contributed by atoms with Gasteiger partial charge in [-0.3, -0.25) is 9.59 Å². The van der Waals surface area contributed by atoms with Gasteiger partial charge in [0.05, 0.1) is 6.54 Å². The topological polar surface area (TPSA) is 71.1 Å². The summed E-state index contributed by atoms with van der Waals surface area (Å²) < 4.78 is 25.9. The maximum atomic E-state index is 12.9. The molecule has 0 saturated heterocycles. The summed E-state index contributed by atoms with van der Waals surface area (Å²) in [5, 5.41) is 6.80. The number of thiazole rings is 1. The van der Waals surface area contributed by atoms with Gasteiger partial charge in [0, 0.05) is 23.2 Å². The Balaban J connectivity index is 1.90. The fourth-order valence-electron chi connectivity index (χ4n) is 1.40. The lowest BCUT2D eigenvalue weighted by molar-refractivity contribution is -0.115. The molecule has 2 amide bonds. The van der Waals surface area contributed by atoms with Crippen LogP contribution in [0.3, 0.4) is 0 Å². The number of benzene rings is 1. The SMILES string of the molecule is O=C(CNC(=O)c1cc(F)cc(F)c1)Nc1nccs1. The molecule has 2 aromatic rings. The highest BCUT2D eigenvalue weighted by Gasteiger charge is 2.11. The van der Waals surface area contributed by atoms with Crippen molar-refractivity contribution < 1.29 is 18.4 Å².